The lowest BCUT2D eigenvalue weighted by molar-refractivity contribution is -0.117. The SMILES string of the molecule is Cc1nc2c(c(N3CCSCC3)n1)NC(=O)C(CC(C)C)N2. The Labute approximate surface area is 135 Å². The zero-order valence-electron chi connectivity index (χ0n) is 13.3. The predicted molar refractivity (Wildman–Crippen MR) is 91.8 cm³/mol. The van der Waals surface area contributed by atoms with Gasteiger partial charge in [-0.05, 0) is 19.3 Å². The van der Waals surface area contributed by atoms with Gasteiger partial charge >= 0.3 is 0 Å². The third kappa shape index (κ3) is 3.14. The van der Waals surface area contributed by atoms with Crippen molar-refractivity contribution in [3.63, 3.8) is 0 Å². The van der Waals surface area contributed by atoms with Crippen molar-refractivity contribution in [1.29, 1.82) is 0 Å². The molecule has 1 saturated heterocycles. The quantitative estimate of drug-likeness (QED) is 0.889. The second-order valence-electron chi connectivity index (χ2n) is 6.23. The maximum absolute atomic E-state index is 12.4. The number of aromatic nitrogens is 2. The zero-order valence-corrected chi connectivity index (χ0v) is 14.2. The molecule has 0 radical (unpaired) electrons. The number of nitrogens with one attached hydrogen (secondary N) is 2. The van der Waals surface area contributed by atoms with Gasteiger partial charge < -0.3 is 15.5 Å². The first-order chi connectivity index (χ1) is 10.5. The summed E-state index contributed by atoms with van der Waals surface area (Å²) >= 11 is 1.95. The summed E-state index contributed by atoms with van der Waals surface area (Å²) in [7, 11) is 0. The van der Waals surface area contributed by atoms with Gasteiger partial charge in [0.2, 0.25) is 5.91 Å². The fraction of sp³-hybridized carbons (Fsp3) is 0.667. The fourth-order valence-electron chi connectivity index (χ4n) is 2.86. The highest BCUT2D eigenvalue weighted by atomic mass is 32.2. The van der Waals surface area contributed by atoms with Crippen LogP contribution in [0.4, 0.5) is 17.3 Å². The van der Waals surface area contributed by atoms with Gasteiger partial charge in [0.05, 0.1) is 0 Å². The molecule has 7 heteroatoms. The molecular formula is C15H23N5OS. The van der Waals surface area contributed by atoms with Crippen LogP contribution >= 0.6 is 11.8 Å². The van der Waals surface area contributed by atoms with Gasteiger partial charge in [0.25, 0.3) is 0 Å². The van der Waals surface area contributed by atoms with Crippen molar-refractivity contribution in [1.82, 2.24) is 9.97 Å². The average Bonchev–Trinajstić information content (AvgIpc) is 2.48. The van der Waals surface area contributed by atoms with E-state index in [1.807, 2.05) is 18.7 Å². The maximum atomic E-state index is 12.4. The topological polar surface area (TPSA) is 70.2 Å². The highest BCUT2D eigenvalue weighted by molar-refractivity contribution is 7.99. The molecule has 1 fully saturated rings. The number of rotatable bonds is 3. The number of fused-ring (bicyclic) bond motifs is 1. The van der Waals surface area contributed by atoms with E-state index in [9.17, 15) is 4.79 Å². The number of carbonyl (C=O) groups excluding carboxylic acids is 1. The van der Waals surface area contributed by atoms with Crippen molar-refractivity contribution in [2.45, 2.75) is 33.2 Å². The number of hydrogen-bond acceptors (Lipinski definition) is 6. The van der Waals surface area contributed by atoms with Crippen LogP contribution in [0, 0.1) is 12.8 Å². The lowest BCUT2D eigenvalue weighted by Crippen LogP contribution is -2.42. The smallest absolute Gasteiger partial charge is 0.247 e. The second kappa shape index (κ2) is 6.32. The molecule has 1 amide bonds. The molecule has 3 heterocycles. The minimum atomic E-state index is -0.216. The van der Waals surface area contributed by atoms with E-state index in [1.54, 1.807) is 0 Å². The molecule has 0 aliphatic carbocycles. The van der Waals surface area contributed by atoms with Crippen molar-refractivity contribution in [3.05, 3.63) is 5.82 Å². The van der Waals surface area contributed by atoms with Crippen molar-refractivity contribution >= 4 is 35.0 Å². The molecule has 2 N–H and O–H groups in total. The molecule has 2 aliphatic heterocycles. The fourth-order valence-corrected chi connectivity index (χ4v) is 3.76. The van der Waals surface area contributed by atoms with Crippen molar-refractivity contribution in [2.24, 2.45) is 5.92 Å². The van der Waals surface area contributed by atoms with Crippen LogP contribution in [-0.2, 0) is 4.79 Å². The highest BCUT2D eigenvalue weighted by Gasteiger charge is 2.31. The molecule has 1 aromatic heterocycles. The summed E-state index contributed by atoms with van der Waals surface area (Å²) < 4.78 is 0. The lowest BCUT2D eigenvalue weighted by Gasteiger charge is -2.33. The first-order valence-corrected chi connectivity index (χ1v) is 8.99. The lowest BCUT2D eigenvalue weighted by atomic mass is 10.0. The zero-order chi connectivity index (χ0) is 15.7. The van der Waals surface area contributed by atoms with Crippen molar-refractivity contribution in [2.75, 3.05) is 40.1 Å². The summed E-state index contributed by atoms with van der Waals surface area (Å²) in [6, 6.07) is -0.216. The first-order valence-electron chi connectivity index (χ1n) is 7.83. The molecular weight excluding hydrogens is 298 g/mol. The van der Waals surface area contributed by atoms with E-state index in [2.05, 4.69) is 39.3 Å². The Kier molecular flexibility index (Phi) is 4.42. The van der Waals surface area contributed by atoms with Crippen LogP contribution in [0.25, 0.3) is 0 Å². The molecule has 0 spiro atoms. The van der Waals surface area contributed by atoms with Gasteiger partial charge in [-0.25, -0.2) is 9.97 Å². The van der Waals surface area contributed by atoms with Crippen LogP contribution in [0.5, 0.6) is 0 Å². The van der Waals surface area contributed by atoms with Gasteiger partial charge in [-0.3, -0.25) is 4.79 Å². The minimum Gasteiger partial charge on any atom is -0.356 e. The monoisotopic (exact) mass is 321 g/mol. The molecule has 0 bridgehead atoms. The Morgan fingerprint density at radius 2 is 2.05 bits per heavy atom. The van der Waals surface area contributed by atoms with Crippen LogP contribution in [0.15, 0.2) is 0 Å². The number of hydrogen-bond donors (Lipinski definition) is 2. The van der Waals surface area contributed by atoms with E-state index >= 15 is 0 Å². The summed E-state index contributed by atoms with van der Waals surface area (Å²) in [4.78, 5) is 23.7. The minimum absolute atomic E-state index is 0.0151. The molecule has 2 aliphatic rings. The first kappa shape index (κ1) is 15.4. The molecule has 1 atom stereocenters. The van der Waals surface area contributed by atoms with Crippen LogP contribution in [-0.4, -0.2) is 46.5 Å². The number of aryl methyl sites for hydroxylation is 1. The summed E-state index contributed by atoms with van der Waals surface area (Å²) in [5.41, 5.74) is 0.738. The van der Waals surface area contributed by atoms with Gasteiger partial charge in [0.1, 0.15) is 17.6 Å². The Morgan fingerprint density at radius 1 is 1.32 bits per heavy atom. The van der Waals surface area contributed by atoms with E-state index in [0.29, 0.717) is 5.92 Å². The van der Waals surface area contributed by atoms with Crippen molar-refractivity contribution in [3.8, 4) is 0 Å². The van der Waals surface area contributed by atoms with Crippen LogP contribution < -0.4 is 15.5 Å². The molecule has 6 nitrogen and oxygen atoms in total. The van der Waals surface area contributed by atoms with Crippen LogP contribution in [0.3, 0.4) is 0 Å². The van der Waals surface area contributed by atoms with E-state index in [-0.39, 0.29) is 11.9 Å². The third-order valence-corrected chi connectivity index (χ3v) is 4.84. The Morgan fingerprint density at radius 3 is 2.73 bits per heavy atom. The van der Waals surface area contributed by atoms with E-state index < -0.39 is 0 Å². The Balaban J connectivity index is 1.92. The van der Waals surface area contributed by atoms with Gasteiger partial charge in [-0.1, -0.05) is 13.8 Å². The standard InChI is InChI=1S/C15H23N5OS/c1-9(2)8-11-15(21)19-12-13(18-11)16-10(3)17-14(12)20-4-6-22-7-5-20/h9,11H,4-8H2,1-3H3,(H,19,21)(H,16,17,18). The van der Waals surface area contributed by atoms with E-state index in [0.717, 1.165) is 54.2 Å². The van der Waals surface area contributed by atoms with Gasteiger partial charge in [0.15, 0.2) is 11.6 Å². The van der Waals surface area contributed by atoms with Gasteiger partial charge in [-0.2, -0.15) is 11.8 Å². The molecule has 120 valence electrons. The number of amides is 1. The van der Waals surface area contributed by atoms with E-state index in [4.69, 9.17) is 0 Å². The number of nitrogens with zero attached hydrogens (tertiary/aromatic N) is 3. The van der Waals surface area contributed by atoms with Gasteiger partial charge in [0, 0.05) is 24.6 Å². The molecule has 0 aromatic carbocycles. The molecule has 1 unspecified atom stereocenters. The number of carbonyl (C=O) groups is 1. The average molecular weight is 321 g/mol. The Bertz CT molecular complexity index is 571. The van der Waals surface area contributed by atoms with Crippen LogP contribution in [0.1, 0.15) is 26.1 Å². The third-order valence-electron chi connectivity index (χ3n) is 3.90. The summed E-state index contributed by atoms with van der Waals surface area (Å²) in [5.74, 6) is 4.99. The number of thioether (sulfide) groups is 1. The molecule has 1 aromatic rings. The molecule has 22 heavy (non-hydrogen) atoms. The normalized spacial score (nSPS) is 21.4. The Hall–Kier alpha value is -1.50. The second-order valence-corrected chi connectivity index (χ2v) is 7.46. The highest BCUT2D eigenvalue weighted by Crippen LogP contribution is 2.35. The van der Waals surface area contributed by atoms with Gasteiger partial charge in [-0.15, -0.1) is 0 Å². The molecule has 0 saturated carbocycles. The summed E-state index contributed by atoms with van der Waals surface area (Å²) in [6.45, 7) is 8.05. The van der Waals surface area contributed by atoms with Crippen molar-refractivity contribution < 1.29 is 4.79 Å². The summed E-state index contributed by atoms with van der Waals surface area (Å²) in [5, 5.41) is 6.34. The predicted octanol–water partition coefficient (Wildman–Crippen LogP) is 2.12. The van der Waals surface area contributed by atoms with E-state index in [1.165, 1.54) is 0 Å². The molecule has 3 rings (SSSR count). The number of anilines is 3. The largest absolute Gasteiger partial charge is 0.356 e. The van der Waals surface area contributed by atoms with Crippen LogP contribution in [0.2, 0.25) is 0 Å². The summed E-state index contributed by atoms with van der Waals surface area (Å²) in [6.07, 6.45) is 0.796. The maximum Gasteiger partial charge on any atom is 0.247 e.